The zero-order valence-corrected chi connectivity index (χ0v) is 25.3. The van der Waals surface area contributed by atoms with Gasteiger partial charge in [-0.3, -0.25) is 15.0 Å². The SMILES string of the molecule is CC(C)(C)OC(=O)CC[C@]1(C(=O)NNCCc2cccc(F)c2)N=C(c2ccc(OCCCO)cc2)O[C@H]1c1ccccc1. The molecule has 0 aliphatic carbocycles. The molecule has 0 bridgehead atoms. The van der Waals surface area contributed by atoms with Crippen molar-refractivity contribution in [3.8, 4) is 5.75 Å². The molecule has 0 radical (unpaired) electrons. The van der Waals surface area contributed by atoms with E-state index in [-0.39, 0.29) is 31.2 Å². The van der Waals surface area contributed by atoms with Crippen molar-refractivity contribution >= 4 is 17.8 Å². The minimum atomic E-state index is -1.52. The van der Waals surface area contributed by atoms with E-state index in [1.165, 1.54) is 12.1 Å². The number of benzene rings is 3. The van der Waals surface area contributed by atoms with E-state index < -0.39 is 29.1 Å². The van der Waals surface area contributed by atoms with Crippen LogP contribution in [0.2, 0.25) is 0 Å². The smallest absolute Gasteiger partial charge is 0.306 e. The van der Waals surface area contributed by atoms with Crippen LogP contribution in [0.1, 0.15) is 62.8 Å². The number of rotatable bonds is 14. The maximum Gasteiger partial charge on any atom is 0.306 e. The molecule has 234 valence electrons. The normalized spacial score (nSPS) is 17.8. The number of aliphatic hydroxyl groups is 1. The standard InChI is InChI=1S/C34H40FN3O6/c1-33(2,3)44-29(40)17-19-34(32(41)38-36-20-18-24-9-7-12-27(35)23-24)30(25-10-5-4-6-11-25)43-31(37-34)26-13-15-28(16-14-26)42-22-8-21-39/h4-7,9-16,23,30,36,39H,8,17-22H2,1-3H3,(H,38,41)/t30-,34-/m0/s1. The zero-order valence-electron chi connectivity index (χ0n) is 25.3. The molecule has 1 aliphatic rings. The van der Waals surface area contributed by atoms with Gasteiger partial charge in [0, 0.05) is 31.6 Å². The van der Waals surface area contributed by atoms with Crippen LogP contribution in [0.25, 0.3) is 0 Å². The first-order valence-electron chi connectivity index (χ1n) is 14.7. The maximum absolute atomic E-state index is 14.1. The molecule has 0 saturated carbocycles. The molecule has 10 heteroatoms. The van der Waals surface area contributed by atoms with Gasteiger partial charge < -0.3 is 19.3 Å². The number of halogens is 1. The first-order valence-corrected chi connectivity index (χ1v) is 14.7. The predicted octanol–water partition coefficient (Wildman–Crippen LogP) is 4.83. The van der Waals surface area contributed by atoms with Gasteiger partial charge in [0.25, 0.3) is 5.91 Å². The van der Waals surface area contributed by atoms with Crippen molar-refractivity contribution in [1.82, 2.24) is 10.9 Å². The van der Waals surface area contributed by atoms with E-state index in [9.17, 15) is 14.0 Å². The Bertz CT molecular complexity index is 1420. The molecule has 0 saturated heterocycles. The number of nitrogens with one attached hydrogen (secondary N) is 2. The number of hydrogen-bond donors (Lipinski definition) is 3. The summed E-state index contributed by atoms with van der Waals surface area (Å²) >= 11 is 0. The van der Waals surface area contributed by atoms with Gasteiger partial charge in [0.1, 0.15) is 17.2 Å². The van der Waals surface area contributed by atoms with Gasteiger partial charge in [-0.2, -0.15) is 0 Å². The van der Waals surface area contributed by atoms with Crippen LogP contribution in [0.3, 0.4) is 0 Å². The molecule has 9 nitrogen and oxygen atoms in total. The van der Waals surface area contributed by atoms with Crippen LogP contribution in [0.15, 0.2) is 83.9 Å². The van der Waals surface area contributed by atoms with Crippen LogP contribution >= 0.6 is 0 Å². The average molecular weight is 606 g/mol. The van der Waals surface area contributed by atoms with Crippen molar-refractivity contribution in [3.63, 3.8) is 0 Å². The van der Waals surface area contributed by atoms with Gasteiger partial charge >= 0.3 is 5.97 Å². The van der Waals surface area contributed by atoms with Gasteiger partial charge in [-0.1, -0.05) is 42.5 Å². The fourth-order valence-electron chi connectivity index (χ4n) is 4.83. The fourth-order valence-corrected chi connectivity index (χ4v) is 4.83. The number of aliphatic hydroxyl groups excluding tert-OH is 1. The van der Waals surface area contributed by atoms with Gasteiger partial charge in [-0.25, -0.2) is 14.8 Å². The Morgan fingerprint density at radius 2 is 1.80 bits per heavy atom. The molecule has 3 aromatic carbocycles. The highest BCUT2D eigenvalue weighted by Crippen LogP contribution is 2.43. The molecule has 3 N–H and O–H groups in total. The summed E-state index contributed by atoms with van der Waals surface area (Å²) < 4.78 is 31.2. The Balaban J connectivity index is 1.62. The van der Waals surface area contributed by atoms with E-state index in [0.717, 1.165) is 5.56 Å². The van der Waals surface area contributed by atoms with E-state index in [1.54, 1.807) is 51.1 Å². The van der Waals surface area contributed by atoms with E-state index in [0.29, 0.717) is 42.9 Å². The number of hydrogen-bond acceptors (Lipinski definition) is 8. The number of carbonyl (C=O) groups is 2. The molecular formula is C34H40FN3O6. The quantitative estimate of drug-likeness (QED) is 0.137. The molecule has 3 aromatic rings. The van der Waals surface area contributed by atoms with Crippen LogP contribution in [0, 0.1) is 5.82 Å². The average Bonchev–Trinajstić information content (AvgIpc) is 3.39. The molecule has 1 amide bonds. The van der Waals surface area contributed by atoms with Gasteiger partial charge in [-0.05, 0) is 81.1 Å². The van der Waals surface area contributed by atoms with E-state index in [2.05, 4.69) is 10.9 Å². The van der Waals surface area contributed by atoms with Crippen molar-refractivity contribution in [3.05, 3.63) is 101 Å². The summed E-state index contributed by atoms with van der Waals surface area (Å²) in [6, 6.07) is 22.7. The van der Waals surface area contributed by atoms with Gasteiger partial charge in [-0.15, -0.1) is 0 Å². The van der Waals surface area contributed by atoms with Crippen molar-refractivity contribution < 1.29 is 33.3 Å². The lowest BCUT2D eigenvalue weighted by molar-refractivity contribution is -0.155. The highest BCUT2D eigenvalue weighted by atomic mass is 19.1. The topological polar surface area (TPSA) is 118 Å². The molecule has 0 aromatic heterocycles. The third-order valence-corrected chi connectivity index (χ3v) is 6.89. The first-order chi connectivity index (χ1) is 21.1. The predicted molar refractivity (Wildman–Crippen MR) is 165 cm³/mol. The molecule has 0 fully saturated rings. The summed E-state index contributed by atoms with van der Waals surface area (Å²) in [7, 11) is 0. The Hall–Kier alpha value is -4.28. The second-order valence-corrected chi connectivity index (χ2v) is 11.5. The van der Waals surface area contributed by atoms with Crippen molar-refractivity contribution in [2.24, 2.45) is 4.99 Å². The first kappa shape index (κ1) is 32.6. The third kappa shape index (κ3) is 8.87. The van der Waals surface area contributed by atoms with Gasteiger partial charge in [0.05, 0.1) is 6.61 Å². The summed E-state index contributed by atoms with van der Waals surface area (Å²) in [6.07, 6.45) is 0.0940. The number of ether oxygens (including phenoxy) is 3. The number of esters is 1. The molecule has 1 heterocycles. The number of hydrazine groups is 1. The lowest BCUT2D eigenvalue weighted by Gasteiger charge is -2.31. The summed E-state index contributed by atoms with van der Waals surface area (Å²) in [5.41, 5.74) is 5.63. The number of aliphatic imine (C=N–C) groups is 1. The summed E-state index contributed by atoms with van der Waals surface area (Å²) in [5.74, 6) is -0.388. The molecule has 4 rings (SSSR count). The molecule has 1 aliphatic heterocycles. The molecular weight excluding hydrogens is 565 g/mol. The van der Waals surface area contributed by atoms with Gasteiger partial charge in [0.15, 0.2) is 11.6 Å². The zero-order chi connectivity index (χ0) is 31.6. The minimum absolute atomic E-state index is 0.0186. The lowest BCUT2D eigenvalue weighted by atomic mass is 9.83. The van der Waals surface area contributed by atoms with Crippen molar-refractivity contribution in [2.75, 3.05) is 19.8 Å². The fraction of sp³-hybridized carbons (Fsp3) is 0.382. The van der Waals surface area contributed by atoms with Gasteiger partial charge in [0.2, 0.25) is 5.90 Å². The lowest BCUT2D eigenvalue weighted by Crippen LogP contribution is -2.53. The highest BCUT2D eigenvalue weighted by molar-refractivity contribution is 6.01. The Morgan fingerprint density at radius 1 is 1.05 bits per heavy atom. The number of amides is 1. The molecule has 2 atom stereocenters. The van der Waals surface area contributed by atoms with Crippen LogP contribution < -0.4 is 15.6 Å². The highest BCUT2D eigenvalue weighted by Gasteiger charge is 2.53. The Kier molecular flexibility index (Phi) is 11.1. The summed E-state index contributed by atoms with van der Waals surface area (Å²) in [6.45, 7) is 6.11. The van der Waals surface area contributed by atoms with Crippen molar-refractivity contribution in [2.45, 2.75) is 63.7 Å². The van der Waals surface area contributed by atoms with E-state index >= 15 is 0 Å². The van der Waals surface area contributed by atoms with Crippen LogP contribution in [-0.2, 0) is 25.5 Å². The largest absolute Gasteiger partial charge is 0.494 e. The molecule has 0 spiro atoms. The van der Waals surface area contributed by atoms with E-state index in [4.69, 9.17) is 24.3 Å². The molecule has 0 unspecified atom stereocenters. The second kappa shape index (κ2) is 14.9. The minimum Gasteiger partial charge on any atom is -0.494 e. The van der Waals surface area contributed by atoms with Crippen molar-refractivity contribution in [1.29, 1.82) is 0 Å². The Morgan fingerprint density at radius 3 is 2.48 bits per heavy atom. The summed E-state index contributed by atoms with van der Waals surface area (Å²) in [4.78, 5) is 31.8. The maximum atomic E-state index is 14.1. The van der Waals surface area contributed by atoms with Crippen LogP contribution in [-0.4, -0.2) is 53.8 Å². The number of carbonyl (C=O) groups excluding carboxylic acids is 2. The Labute approximate surface area is 257 Å². The van der Waals surface area contributed by atoms with E-state index in [1.807, 2.05) is 36.4 Å². The number of nitrogens with zero attached hydrogens (tertiary/aromatic N) is 1. The summed E-state index contributed by atoms with van der Waals surface area (Å²) in [5, 5.41) is 9.02. The van der Waals surface area contributed by atoms with Crippen LogP contribution in [0.5, 0.6) is 5.75 Å². The monoisotopic (exact) mass is 605 g/mol. The van der Waals surface area contributed by atoms with Crippen LogP contribution in [0.4, 0.5) is 4.39 Å². The second-order valence-electron chi connectivity index (χ2n) is 11.5. The third-order valence-electron chi connectivity index (χ3n) is 6.89. The molecule has 44 heavy (non-hydrogen) atoms.